The van der Waals surface area contributed by atoms with Crippen LogP contribution in [0.5, 0.6) is 5.75 Å². The number of aryl methyl sites for hydroxylation is 2. The molecule has 0 radical (unpaired) electrons. The number of aromatic nitrogens is 3. The van der Waals surface area contributed by atoms with Crippen LogP contribution in [-0.4, -0.2) is 33.1 Å². The smallest absolute Gasteiger partial charge is 0.240 e. The van der Waals surface area contributed by atoms with Crippen LogP contribution in [0.1, 0.15) is 23.0 Å². The molecule has 0 bridgehead atoms. The van der Waals surface area contributed by atoms with Gasteiger partial charge in [0.1, 0.15) is 16.8 Å². The Hall–Kier alpha value is -2.52. The lowest BCUT2D eigenvalue weighted by Gasteiger charge is -2.32. The number of fused-ring (bicyclic) bond motifs is 1. The van der Waals surface area contributed by atoms with E-state index in [2.05, 4.69) is 36.9 Å². The molecule has 2 heterocycles. The molecule has 0 saturated heterocycles. The van der Waals surface area contributed by atoms with Crippen LogP contribution in [0, 0.1) is 13.8 Å². The van der Waals surface area contributed by atoms with Crippen molar-refractivity contribution < 1.29 is 9.53 Å². The minimum atomic E-state index is -0.437. The average Bonchev–Trinajstić information content (AvgIpc) is 3.09. The average molecular weight is 474 g/mol. The van der Waals surface area contributed by atoms with E-state index in [-0.39, 0.29) is 11.9 Å². The van der Waals surface area contributed by atoms with Crippen LogP contribution in [0.25, 0.3) is 0 Å². The molecule has 0 spiro atoms. The lowest BCUT2D eigenvalue weighted by atomic mass is 10.0. The monoisotopic (exact) mass is 473 g/mol. The first-order valence-corrected chi connectivity index (χ1v) is 10.7. The Bertz CT molecular complexity index is 1050. The SMILES string of the molecule is COc1ccc([C@@H]2Nn3c(C)nnc3S[C@H]2C(=O)Nc2ccc(C)cc2Br)cc1. The van der Waals surface area contributed by atoms with E-state index in [0.717, 1.165) is 32.9 Å². The lowest BCUT2D eigenvalue weighted by Crippen LogP contribution is -2.41. The van der Waals surface area contributed by atoms with Gasteiger partial charge in [-0.15, -0.1) is 10.2 Å². The number of hydrogen-bond donors (Lipinski definition) is 2. The van der Waals surface area contributed by atoms with E-state index in [0.29, 0.717) is 5.16 Å². The molecule has 9 heteroatoms. The fraction of sp³-hybridized carbons (Fsp3) is 0.250. The largest absolute Gasteiger partial charge is 0.497 e. The number of methoxy groups -OCH3 is 1. The van der Waals surface area contributed by atoms with Gasteiger partial charge in [0.15, 0.2) is 0 Å². The first-order chi connectivity index (χ1) is 14.0. The van der Waals surface area contributed by atoms with Crippen molar-refractivity contribution in [1.29, 1.82) is 0 Å². The summed E-state index contributed by atoms with van der Waals surface area (Å²) < 4.78 is 7.93. The van der Waals surface area contributed by atoms with Crippen molar-refractivity contribution in [2.24, 2.45) is 0 Å². The van der Waals surface area contributed by atoms with Gasteiger partial charge in [0.05, 0.1) is 18.8 Å². The van der Waals surface area contributed by atoms with Gasteiger partial charge in [-0.1, -0.05) is 30.0 Å². The zero-order valence-corrected chi connectivity index (χ0v) is 18.5. The van der Waals surface area contributed by atoms with E-state index in [1.807, 2.05) is 61.0 Å². The molecule has 3 aromatic rings. The Kier molecular flexibility index (Phi) is 5.51. The highest BCUT2D eigenvalue weighted by molar-refractivity contribution is 9.10. The molecule has 2 atom stereocenters. The number of hydrogen-bond acceptors (Lipinski definition) is 6. The second-order valence-electron chi connectivity index (χ2n) is 6.76. The number of ether oxygens (including phenoxy) is 1. The molecule has 0 unspecified atom stereocenters. The summed E-state index contributed by atoms with van der Waals surface area (Å²) in [5, 5.41) is 11.6. The molecule has 2 N–H and O–H groups in total. The molecule has 4 rings (SSSR count). The molecular weight excluding hydrogens is 454 g/mol. The van der Waals surface area contributed by atoms with Gasteiger partial charge in [0, 0.05) is 4.47 Å². The minimum absolute atomic E-state index is 0.111. The highest BCUT2D eigenvalue weighted by Gasteiger charge is 2.37. The van der Waals surface area contributed by atoms with Crippen LogP contribution >= 0.6 is 27.7 Å². The van der Waals surface area contributed by atoms with Gasteiger partial charge in [-0.3, -0.25) is 4.79 Å². The van der Waals surface area contributed by atoms with Crippen molar-refractivity contribution in [3.8, 4) is 5.75 Å². The summed E-state index contributed by atoms with van der Waals surface area (Å²) in [4.78, 5) is 13.3. The summed E-state index contributed by atoms with van der Waals surface area (Å²) in [5.74, 6) is 1.40. The molecule has 1 amide bonds. The van der Waals surface area contributed by atoms with E-state index >= 15 is 0 Å². The van der Waals surface area contributed by atoms with Gasteiger partial charge in [-0.25, -0.2) is 4.68 Å². The summed E-state index contributed by atoms with van der Waals surface area (Å²) in [6.07, 6.45) is 0. The van der Waals surface area contributed by atoms with E-state index in [1.165, 1.54) is 11.8 Å². The Labute approximate surface area is 181 Å². The molecule has 1 aromatic heterocycles. The number of rotatable bonds is 4. The van der Waals surface area contributed by atoms with Gasteiger partial charge in [-0.05, 0) is 65.2 Å². The van der Waals surface area contributed by atoms with Crippen LogP contribution in [0.4, 0.5) is 5.69 Å². The number of nitrogens with one attached hydrogen (secondary N) is 2. The third kappa shape index (κ3) is 3.97. The molecule has 7 nitrogen and oxygen atoms in total. The van der Waals surface area contributed by atoms with Crippen molar-refractivity contribution in [3.05, 3.63) is 63.9 Å². The third-order valence-electron chi connectivity index (χ3n) is 4.71. The first-order valence-electron chi connectivity index (χ1n) is 9.02. The van der Waals surface area contributed by atoms with Gasteiger partial charge < -0.3 is 15.5 Å². The summed E-state index contributed by atoms with van der Waals surface area (Å²) in [5.41, 5.74) is 6.22. The van der Waals surface area contributed by atoms with Crippen molar-refractivity contribution in [2.75, 3.05) is 17.9 Å². The fourth-order valence-electron chi connectivity index (χ4n) is 3.15. The molecule has 1 aliphatic rings. The van der Waals surface area contributed by atoms with Gasteiger partial charge in [-0.2, -0.15) is 0 Å². The standard InChI is InChI=1S/C20H20BrN5O2S/c1-11-4-9-16(15(21)10-11)22-19(27)18-17(13-5-7-14(28-3)8-6-13)25-26-12(2)23-24-20(26)29-18/h4-10,17-18,25H,1-3H3,(H,22,27)/t17-,18+/m0/s1. The Morgan fingerprint density at radius 2 is 1.97 bits per heavy atom. The van der Waals surface area contributed by atoms with E-state index in [9.17, 15) is 4.79 Å². The van der Waals surface area contributed by atoms with Crippen molar-refractivity contribution >= 4 is 39.3 Å². The molecule has 29 heavy (non-hydrogen) atoms. The van der Waals surface area contributed by atoms with Crippen LogP contribution in [0.3, 0.4) is 0 Å². The molecule has 0 saturated carbocycles. The van der Waals surface area contributed by atoms with Gasteiger partial charge in [0.25, 0.3) is 0 Å². The van der Waals surface area contributed by atoms with E-state index < -0.39 is 5.25 Å². The zero-order valence-electron chi connectivity index (χ0n) is 16.1. The second-order valence-corrected chi connectivity index (χ2v) is 8.72. The summed E-state index contributed by atoms with van der Waals surface area (Å²) in [6.45, 7) is 3.88. The van der Waals surface area contributed by atoms with Crippen LogP contribution in [0.15, 0.2) is 52.1 Å². The molecule has 1 aliphatic heterocycles. The molecule has 2 aromatic carbocycles. The van der Waals surface area contributed by atoms with E-state index in [4.69, 9.17) is 4.74 Å². The molecule has 0 aliphatic carbocycles. The van der Waals surface area contributed by atoms with Crippen molar-refractivity contribution in [2.45, 2.75) is 30.3 Å². The minimum Gasteiger partial charge on any atom is -0.497 e. The second kappa shape index (κ2) is 8.08. The summed E-state index contributed by atoms with van der Waals surface area (Å²) >= 11 is 4.92. The predicted octanol–water partition coefficient (Wildman–Crippen LogP) is 4.06. The maximum atomic E-state index is 13.3. The normalized spacial score (nSPS) is 17.9. The molecule has 150 valence electrons. The number of halogens is 1. The van der Waals surface area contributed by atoms with E-state index in [1.54, 1.807) is 7.11 Å². The number of nitrogens with zero attached hydrogens (tertiary/aromatic N) is 3. The van der Waals surface area contributed by atoms with Crippen LogP contribution < -0.4 is 15.5 Å². The van der Waals surface area contributed by atoms with Crippen molar-refractivity contribution in [3.63, 3.8) is 0 Å². The van der Waals surface area contributed by atoms with Gasteiger partial charge in [0.2, 0.25) is 11.1 Å². The number of amides is 1. The zero-order chi connectivity index (χ0) is 20.5. The number of carbonyl (C=O) groups is 1. The maximum absolute atomic E-state index is 13.3. The first kappa shape index (κ1) is 19.8. The highest BCUT2D eigenvalue weighted by atomic mass is 79.9. The Morgan fingerprint density at radius 1 is 1.21 bits per heavy atom. The number of anilines is 1. The Morgan fingerprint density at radius 3 is 2.66 bits per heavy atom. The highest BCUT2D eigenvalue weighted by Crippen LogP contribution is 2.38. The Balaban J connectivity index is 1.66. The number of thioether (sulfide) groups is 1. The van der Waals surface area contributed by atoms with Gasteiger partial charge >= 0.3 is 0 Å². The quantitative estimate of drug-likeness (QED) is 0.594. The number of benzene rings is 2. The van der Waals surface area contributed by atoms with Crippen LogP contribution in [0.2, 0.25) is 0 Å². The topological polar surface area (TPSA) is 81.1 Å². The maximum Gasteiger partial charge on any atom is 0.240 e. The summed E-state index contributed by atoms with van der Waals surface area (Å²) in [7, 11) is 1.63. The van der Waals surface area contributed by atoms with Crippen molar-refractivity contribution in [1.82, 2.24) is 14.9 Å². The molecule has 0 fully saturated rings. The fourth-order valence-corrected chi connectivity index (χ4v) is 4.86. The third-order valence-corrected chi connectivity index (χ3v) is 6.59. The lowest BCUT2D eigenvalue weighted by molar-refractivity contribution is -0.116. The predicted molar refractivity (Wildman–Crippen MR) is 117 cm³/mol. The number of carbonyl (C=O) groups excluding carboxylic acids is 1. The van der Waals surface area contributed by atoms with Crippen LogP contribution in [-0.2, 0) is 4.79 Å². The summed E-state index contributed by atoms with van der Waals surface area (Å²) in [6, 6.07) is 13.3. The molecular formula is C20H20BrN5O2S.